The Morgan fingerprint density at radius 3 is 2.50 bits per heavy atom. The fraction of sp³-hybridized carbons (Fsp3) is 0.607. The number of hydrogen-bond donors (Lipinski definition) is 2. The van der Waals surface area contributed by atoms with Crippen LogP contribution in [0.3, 0.4) is 0 Å². The molecule has 36 heavy (non-hydrogen) atoms. The van der Waals surface area contributed by atoms with E-state index in [9.17, 15) is 15.0 Å². The minimum Gasteiger partial charge on any atom is -0.491 e. The molecule has 0 amide bonds. The van der Waals surface area contributed by atoms with Crippen molar-refractivity contribution in [2.45, 2.75) is 89.2 Å². The quantitative estimate of drug-likeness (QED) is 0.352. The van der Waals surface area contributed by atoms with Crippen molar-refractivity contribution in [3.63, 3.8) is 0 Å². The van der Waals surface area contributed by atoms with E-state index in [1.165, 1.54) is 0 Å². The summed E-state index contributed by atoms with van der Waals surface area (Å²) in [6.07, 6.45) is 6.88. The minimum absolute atomic E-state index is 0.0389. The zero-order chi connectivity index (χ0) is 26.3. The van der Waals surface area contributed by atoms with Crippen LogP contribution in [0.15, 0.2) is 54.8 Å². The lowest BCUT2D eigenvalue weighted by Crippen LogP contribution is -2.45. The number of para-hydroxylation sites is 1. The second kappa shape index (κ2) is 12.4. The highest BCUT2D eigenvalue weighted by molar-refractivity contribution is 6.74. The van der Waals surface area contributed by atoms with Crippen molar-refractivity contribution in [2.75, 3.05) is 6.61 Å². The second-order valence-electron chi connectivity index (χ2n) is 11.3. The van der Waals surface area contributed by atoms with E-state index in [4.69, 9.17) is 18.6 Å². The Hall–Kier alpha value is -2.13. The summed E-state index contributed by atoms with van der Waals surface area (Å²) in [5.41, 5.74) is 0. The number of hydrogen-bond acceptors (Lipinski definition) is 6. The maximum absolute atomic E-state index is 11.6. The zero-order valence-electron chi connectivity index (χ0n) is 22.1. The molecule has 0 spiro atoms. The monoisotopic (exact) mass is 518 g/mol. The molecule has 0 saturated heterocycles. The molecule has 0 radical (unpaired) electrons. The largest absolute Gasteiger partial charge is 0.491 e. The van der Waals surface area contributed by atoms with Gasteiger partial charge in [-0.3, -0.25) is 4.79 Å². The Morgan fingerprint density at radius 1 is 1.17 bits per heavy atom. The molecule has 0 bridgehead atoms. The molecular formula is C28H42O7Si. The average Bonchev–Trinajstić information content (AvgIpc) is 3.09. The van der Waals surface area contributed by atoms with Gasteiger partial charge >= 0.3 is 5.97 Å². The van der Waals surface area contributed by atoms with Crippen LogP contribution in [0.4, 0.5) is 0 Å². The van der Waals surface area contributed by atoms with Crippen LogP contribution in [-0.4, -0.2) is 55.7 Å². The molecule has 1 saturated carbocycles. The summed E-state index contributed by atoms with van der Waals surface area (Å²) in [7, 11) is -2.08. The number of aliphatic carboxylic acids is 1. The van der Waals surface area contributed by atoms with Crippen molar-refractivity contribution < 1.29 is 33.6 Å². The molecule has 1 aromatic carbocycles. The number of carbonyl (C=O) groups is 1. The standard InChI is InChI=1S/C28H42O7Si/c1-28(2,3)36(4,5)35-21(19-33-20-11-7-6-8-12-20)14-15-22-23(17-26(30)31)24(29)18-25(22)34-27-13-9-10-16-32-27/h6-13,16,21-25,27,29H,14-15,17-19H2,1-5H3,(H,30,31)/t21-,22+,23?,24-,25+,27+/m0/s1. The predicted octanol–water partition coefficient (Wildman–Crippen LogP) is 5.52. The van der Waals surface area contributed by atoms with Crippen LogP contribution in [0.25, 0.3) is 0 Å². The van der Waals surface area contributed by atoms with Gasteiger partial charge in [0.05, 0.1) is 31.0 Å². The minimum atomic E-state index is -2.08. The molecule has 1 fully saturated rings. The van der Waals surface area contributed by atoms with Crippen molar-refractivity contribution in [1.82, 2.24) is 0 Å². The zero-order valence-corrected chi connectivity index (χ0v) is 23.1. The first-order valence-corrected chi connectivity index (χ1v) is 15.8. The molecule has 1 aliphatic carbocycles. The average molecular weight is 519 g/mol. The SMILES string of the molecule is CC(C)(C)[Si](C)(C)O[C@@H](CC[C@@H]1C(CC(=O)O)[C@@H](O)C[C@H]1O[C@@H]1C=CC=CO1)COc1ccccc1. The summed E-state index contributed by atoms with van der Waals surface area (Å²) in [6, 6.07) is 9.68. The molecule has 6 atom stereocenters. The number of aliphatic hydroxyl groups is 1. The molecule has 1 heterocycles. The fourth-order valence-electron chi connectivity index (χ4n) is 4.67. The van der Waals surface area contributed by atoms with Crippen LogP contribution in [0.5, 0.6) is 5.75 Å². The summed E-state index contributed by atoms with van der Waals surface area (Å²) in [6.45, 7) is 11.5. The highest BCUT2D eigenvalue weighted by Crippen LogP contribution is 2.42. The van der Waals surface area contributed by atoms with Crippen molar-refractivity contribution >= 4 is 14.3 Å². The van der Waals surface area contributed by atoms with Gasteiger partial charge < -0.3 is 28.8 Å². The van der Waals surface area contributed by atoms with Crippen LogP contribution in [0.1, 0.15) is 46.5 Å². The number of ether oxygens (including phenoxy) is 3. The third-order valence-corrected chi connectivity index (χ3v) is 12.2. The summed E-state index contributed by atoms with van der Waals surface area (Å²) < 4.78 is 24.6. The van der Waals surface area contributed by atoms with Crippen LogP contribution in [0, 0.1) is 11.8 Å². The molecule has 0 aromatic heterocycles. The Bertz CT molecular complexity index is 893. The third-order valence-electron chi connectivity index (χ3n) is 7.65. The molecule has 7 nitrogen and oxygen atoms in total. The molecule has 2 N–H and O–H groups in total. The first kappa shape index (κ1) is 28.4. The van der Waals surface area contributed by atoms with Gasteiger partial charge in [-0.05, 0) is 61.2 Å². The normalized spacial score (nSPS) is 27.0. The summed E-state index contributed by atoms with van der Waals surface area (Å²) >= 11 is 0. The molecule has 1 aliphatic heterocycles. The highest BCUT2D eigenvalue weighted by Gasteiger charge is 2.45. The molecule has 2 aliphatic rings. The molecule has 200 valence electrons. The van der Waals surface area contributed by atoms with Gasteiger partial charge in [0.15, 0.2) is 8.32 Å². The first-order valence-electron chi connectivity index (χ1n) is 12.9. The molecule has 1 unspecified atom stereocenters. The third kappa shape index (κ3) is 7.93. The van der Waals surface area contributed by atoms with Crippen LogP contribution in [0.2, 0.25) is 18.1 Å². The Morgan fingerprint density at radius 2 is 1.89 bits per heavy atom. The smallest absolute Gasteiger partial charge is 0.303 e. The fourth-order valence-corrected chi connectivity index (χ4v) is 6.04. The number of aliphatic hydroxyl groups excluding tert-OH is 1. The van der Waals surface area contributed by atoms with Crippen LogP contribution >= 0.6 is 0 Å². The van der Waals surface area contributed by atoms with Crippen molar-refractivity contribution in [2.24, 2.45) is 11.8 Å². The number of carboxylic acids is 1. The van der Waals surface area contributed by atoms with Crippen LogP contribution in [-0.2, 0) is 18.7 Å². The number of carboxylic acid groups (broad SMARTS) is 1. The van der Waals surface area contributed by atoms with Gasteiger partial charge in [0, 0.05) is 12.3 Å². The van der Waals surface area contributed by atoms with Gasteiger partial charge in [0.25, 0.3) is 0 Å². The lowest BCUT2D eigenvalue weighted by atomic mass is 9.86. The maximum Gasteiger partial charge on any atom is 0.303 e. The predicted molar refractivity (Wildman–Crippen MR) is 141 cm³/mol. The van der Waals surface area contributed by atoms with Crippen LogP contribution < -0.4 is 4.74 Å². The second-order valence-corrected chi connectivity index (χ2v) is 16.1. The van der Waals surface area contributed by atoms with E-state index in [1.54, 1.807) is 12.3 Å². The molecular weight excluding hydrogens is 476 g/mol. The van der Waals surface area contributed by atoms with Gasteiger partial charge in [0.2, 0.25) is 6.29 Å². The molecule has 3 rings (SSSR count). The van der Waals surface area contributed by atoms with E-state index in [1.807, 2.05) is 42.5 Å². The Balaban J connectivity index is 1.74. The van der Waals surface area contributed by atoms with Gasteiger partial charge in [-0.2, -0.15) is 0 Å². The number of benzene rings is 1. The van der Waals surface area contributed by atoms with Gasteiger partial charge in [-0.1, -0.05) is 45.0 Å². The van der Waals surface area contributed by atoms with Crippen molar-refractivity contribution in [3.8, 4) is 5.75 Å². The topological polar surface area (TPSA) is 94.5 Å². The summed E-state index contributed by atoms with van der Waals surface area (Å²) in [5.74, 6) is -0.653. The lowest BCUT2D eigenvalue weighted by Gasteiger charge is -2.39. The summed E-state index contributed by atoms with van der Waals surface area (Å²) in [5, 5.41) is 20.3. The van der Waals surface area contributed by atoms with Crippen molar-refractivity contribution in [1.29, 1.82) is 0 Å². The summed E-state index contributed by atoms with van der Waals surface area (Å²) in [4.78, 5) is 11.6. The van der Waals surface area contributed by atoms with E-state index >= 15 is 0 Å². The molecule has 8 heteroatoms. The Labute approximate surface area is 216 Å². The Kier molecular flexibility index (Phi) is 9.80. The van der Waals surface area contributed by atoms with Gasteiger partial charge in [-0.25, -0.2) is 0 Å². The lowest BCUT2D eigenvalue weighted by molar-refractivity contribution is -0.140. The van der Waals surface area contributed by atoms with E-state index in [2.05, 4.69) is 33.9 Å². The number of rotatable bonds is 12. The van der Waals surface area contributed by atoms with E-state index in [0.29, 0.717) is 25.9 Å². The van der Waals surface area contributed by atoms with E-state index in [-0.39, 0.29) is 35.5 Å². The van der Waals surface area contributed by atoms with Gasteiger partial charge in [-0.15, -0.1) is 0 Å². The van der Waals surface area contributed by atoms with E-state index in [0.717, 1.165) is 5.75 Å². The van der Waals surface area contributed by atoms with Crippen molar-refractivity contribution in [3.05, 3.63) is 54.8 Å². The maximum atomic E-state index is 11.6. The van der Waals surface area contributed by atoms with Gasteiger partial charge in [0.1, 0.15) is 12.4 Å². The number of allylic oxidation sites excluding steroid dienone is 2. The van der Waals surface area contributed by atoms with E-state index < -0.39 is 26.7 Å². The molecule has 1 aromatic rings. The highest BCUT2D eigenvalue weighted by atomic mass is 28.4. The first-order chi connectivity index (χ1) is 17.0.